The van der Waals surface area contributed by atoms with E-state index in [4.69, 9.17) is 11.6 Å². The first-order valence-electron chi connectivity index (χ1n) is 10.3. The van der Waals surface area contributed by atoms with Crippen LogP contribution in [0.4, 0.5) is 5.69 Å². The van der Waals surface area contributed by atoms with Crippen molar-refractivity contribution in [2.24, 2.45) is 0 Å². The molecule has 0 bridgehead atoms. The van der Waals surface area contributed by atoms with Crippen LogP contribution >= 0.6 is 11.6 Å². The number of nitrogens with one attached hydrogen (secondary N) is 1. The molecule has 1 N–H and O–H groups in total. The van der Waals surface area contributed by atoms with Gasteiger partial charge in [0.1, 0.15) is 5.15 Å². The quantitative estimate of drug-likeness (QED) is 0.612. The van der Waals surface area contributed by atoms with E-state index in [-0.39, 0.29) is 16.5 Å². The van der Waals surface area contributed by atoms with Crippen molar-refractivity contribution >= 4 is 29.3 Å². The van der Waals surface area contributed by atoms with Gasteiger partial charge in [0.15, 0.2) is 0 Å². The summed E-state index contributed by atoms with van der Waals surface area (Å²) in [4.78, 5) is 19.1. The molecule has 1 amide bonds. The molecule has 3 rings (SSSR count). The van der Waals surface area contributed by atoms with Crippen molar-refractivity contribution in [3.8, 4) is 0 Å². The molecule has 0 unspecified atom stereocenters. The van der Waals surface area contributed by atoms with Crippen LogP contribution < -0.4 is 5.32 Å². The molecule has 0 aliphatic carbocycles. The Morgan fingerprint density at radius 3 is 2.69 bits per heavy atom. The molecule has 2 heterocycles. The van der Waals surface area contributed by atoms with E-state index < -0.39 is 0 Å². The molecule has 29 heavy (non-hydrogen) atoms. The molecule has 0 radical (unpaired) electrons. The molecule has 1 aliphatic rings. The molecule has 1 aromatic carbocycles. The Labute approximate surface area is 179 Å². The van der Waals surface area contributed by atoms with Crippen LogP contribution in [0.1, 0.15) is 61.5 Å². The predicted molar refractivity (Wildman–Crippen MR) is 122 cm³/mol. The second-order valence-electron chi connectivity index (χ2n) is 8.59. The van der Waals surface area contributed by atoms with Crippen LogP contribution in [0.5, 0.6) is 0 Å². The van der Waals surface area contributed by atoms with Crippen LogP contribution in [0.2, 0.25) is 5.15 Å². The second kappa shape index (κ2) is 9.55. The van der Waals surface area contributed by atoms with E-state index in [1.165, 1.54) is 31.5 Å². The number of nitrogens with zero attached hydrogens (tertiary/aromatic N) is 2. The van der Waals surface area contributed by atoms with Gasteiger partial charge in [-0.2, -0.15) is 0 Å². The number of hydrogen-bond acceptors (Lipinski definition) is 3. The Kier molecular flexibility index (Phi) is 7.09. The molecule has 1 fully saturated rings. The van der Waals surface area contributed by atoms with Crippen LogP contribution in [0.3, 0.4) is 0 Å². The maximum Gasteiger partial charge on any atom is 0.258 e. The molecule has 4 nitrogen and oxygen atoms in total. The molecule has 0 spiro atoms. The van der Waals surface area contributed by atoms with Crippen LogP contribution in [0.25, 0.3) is 6.08 Å². The topological polar surface area (TPSA) is 45.2 Å². The molecular formula is C24H30ClN3O. The largest absolute Gasteiger partial charge is 0.322 e. The smallest absolute Gasteiger partial charge is 0.258 e. The summed E-state index contributed by atoms with van der Waals surface area (Å²) in [5, 5.41) is 3.15. The van der Waals surface area contributed by atoms with Crippen molar-refractivity contribution in [3.05, 3.63) is 64.4 Å². The van der Waals surface area contributed by atoms with Crippen LogP contribution in [0.15, 0.2) is 42.6 Å². The SMILES string of the molecule is CC(C)(C)c1ccc(NC(=O)c2cccnc2Cl)cc1C=CCCN1CCCC1. The molecule has 154 valence electrons. The van der Waals surface area contributed by atoms with E-state index in [9.17, 15) is 4.79 Å². The highest BCUT2D eigenvalue weighted by Crippen LogP contribution is 2.29. The minimum absolute atomic E-state index is 0.0177. The Balaban J connectivity index is 1.76. The highest BCUT2D eigenvalue weighted by molar-refractivity contribution is 6.33. The summed E-state index contributed by atoms with van der Waals surface area (Å²) in [6.45, 7) is 10.2. The summed E-state index contributed by atoms with van der Waals surface area (Å²) < 4.78 is 0. The fourth-order valence-electron chi connectivity index (χ4n) is 3.69. The summed E-state index contributed by atoms with van der Waals surface area (Å²) in [5.41, 5.74) is 3.53. The summed E-state index contributed by atoms with van der Waals surface area (Å²) >= 11 is 6.05. The van der Waals surface area contributed by atoms with Crippen molar-refractivity contribution in [1.82, 2.24) is 9.88 Å². The van der Waals surface area contributed by atoms with Crippen LogP contribution in [-0.4, -0.2) is 35.4 Å². The third-order valence-corrected chi connectivity index (χ3v) is 5.53. The van der Waals surface area contributed by atoms with Gasteiger partial charge in [-0.25, -0.2) is 4.98 Å². The van der Waals surface area contributed by atoms with Crippen molar-refractivity contribution in [3.63, 3.8) is 0 Å². The van der Waals surface area contributed by atoms with Crippen molar-refractivity contribution in [2.45, 2.75) is 45.4 Å². The van der Waals surface area contributed by atoms with Crippen molar-refractivity contribution < 1.29 is 4.79 Å². The van der Waals surface area contributed by atoms with Gasteiger partial charge in [-0.15, -0.1) is 0 Å². The number of carbonyl (C=O) groups excluding carboxylic acids is 1. The molecule has 1 aliphatic heterocycles. The van der Waals surface area contributed by atoms with Gasteiger partial charge in [-0.3, -0.25) is 4.79 Å². The average molecular weight is 412 g/mol. The van der Waals surface area contributed by atoms with Gasteiger partial charge in [0, 0.05) is 18.4 Å². The molecular weight excluding hydrogens is 382 g/mol. The van der Waals surface area contributed by atoms with Gasteiger partial charge < -0.3 is 10.2 Å². The minimum atomic E-state index is -0.254. The van der Waals surface area contributed by atoms with Gasteiger partial charge in [0.25, 0.3) is 5.91 Å². The number of halogens is 1. The van der Waals surface area contributed by atoms with Crippen molar-refractivity contribution in [2.75, 3.05) is 25.0 Å². The lowest BCUT2D eigenvalue weighted by molar-refractivity contribution is 0.102. The maximum absolute atomic E-state index is 12.6. The van der Waals surface area contributed by atoms with Gasteiger partial charge in [0.05, 0.1) is 5.56 Å². The average Bonchev–Trinajstić information content (AvgIpc) is 3.18. The van der Waals surface area contributed by atoms with E-state index in [0.29, 0.717) is 5.56 Å². The summed E-state index contributed by atoms with van der Waals surface area (Å²) in [6.07, 6.45) is 9.67. The minimum Gasteiger partial charge on any atom is -0.322 e. The zero-order chi connectivity index (χ0) is 20.9. The molecule has 0 saturated carbocycles. The van der Waals surface area contributed by atoms with Gasteiger partial charge >= 0.3 is 0 Å². The van der Waals surface area contributed by atoms with E-state index in [1.807, 2.05) is 12.1 Å². The second-order valence-corrected chi connectivity index (χ2v) is 8.95. The first-order valence-corrected chi connectivity index (χ1v) is 10.7. The third kappa shape index (κ3) is 5.91. The number of likely N-dealkylation sites (tertiary alicyclic amines) is 1. The highest BCUT2D eigenvalue weighted by atomic mass is 35.5. The molecule has 1 saturated heterocycles. The van der Waals surface area contributed by atoms with Crippen LogP contribution in [-0.2, 0) is 5.41 Å². The van der Waals surface area contributed by atoms with Crippen molar-refractivity contribution in [1.29, 1.82) is 0 Å². The number of benzene rings is 1. The number of anilines is 1. The van der Waals surface area contributed by atoms with E-state index in [0.717, 1.165) is 24.2 Å². The highest BCUT2D eigenvalue weighted by Gasteiger charge is 2.18. The lowest BCUT2D eigenvalue weighted by atomic mass is 9.83. The van der Waals surface area contributed by atoms with E-state index in [2.05, 4.69) is 54.2 Å². The number of rotatable bonds is 6. The predicted octanol–water partition coefficient (Wildman–Crippen LogP) is 5.78. The Morgan fingerprint density at radius 1 is 1.24 bits per heavy atom. The standard InChI is InChI=1S/C24H30ClN3O/c1-24(2,3)21-12-11-19(27-23(29)20-10-8-13-26-22(20)25)17-18(21)9-4-5-14-28-15-6-7-16-28/h4,8-13,17H,5-7,14-16H2,1-3H3,(H,27,29). The van der Waals surface area contributed by atoms with Gasteiger partial charge in [0.2, 0.25) is 0 Å². The van der Waals surface area contributed by atoms with Crippen LogP contribution in [0, 0.1) is 0 Å². The maximum atomic E-state index is 12.6. The lowest BCUT2D eigenvalue weighted by Gasteiger charge is -2.22. The lowest BCUT2D eigenvalue weighted by Crippen LogP contribution is -2.19. The van der Waals surface area contributed by atoms with E-state index in [1.54, 1.807) is 18.3 Å². The third-order valence-electron chi connectivity index (χ3n) is 5.23. The number of carbonyl (C=O) groups is 1. The normalized spacial score (nSPS) is 15.2. The molecule has 1 aromatic heterocycles. The summed E-state index contributed by atoms with van der Waals surface area (Å²) in [6, 6.07) is 9.46. The Bertz CT molecular complexity index is 880. The molecule has 5 heteroatoms. The molecule has 0 atom stereocenters. The summed E-state index contributed by atoms with van der Waals surface area (Å²) in [5.74, 6) is -0.254. The summed E-state index contributed by atoms with van der Waals surface area (Å²) in [7, 11) is 0. The number of amides is 1. The monoisotopic (exact) mass is 411 g/mol. The Morgan fingerprint density at radius 2 is 2.00 bits per heavy atom. The zero-order valence-corrected chi connectivity index (χ0v) is 18.3. The Hall–Kier alpha value is -2.17. The van der Waals surface area contributed by atoms with Gasteiger partial charge in [-0.05, 0) is 73.2 Å². The zero-order valence-electron chi connectivity index (χ0n) is 17.5. The number of aromatic nitrogens is 1. The fourth-order valence-corrected chi connectivity index (χ4v) is 3.89. The first kappa shape index (κ1) is 21.5. The van der Waals surface area contributed by atoms with Gasteiger partial charge in [-0.1, -0.05) is 50.6 Å². The first-order chi connectivity index (χ1) is 13.8. The number of pyridine rings is 1. The number of hydrogen-bond donors (Lipinski definition) is 1. The fraction of sp³-hybridized carbons (Fsp3) is 0.417. The molecule has 2 aromatic rings. The van der Waals surface area contributed by atoms with E-state index >= 15 is 0 Å².